The number of thiophene rings is 1. The van der Waals surface area contributed by atoms with Gasteiger partial charge in [0.15, 0.2) is 0 Å². The summed E-state index contributed by atoms with van der Waals surface area (Å²) in [5, 5.41) is 7.44. The number of para-hydroxylation sites is 2. The third-order valence-electron chi connectivity index (χ3n) is 12.1. The van der Waals surface area contributed by atoms with Crippen LogP contribution >= 0.6 is 11.3 Å². The molecule has 0 fully saturated rings. The predicted octanol–water partition coefficient (Wildman–Crippen LogP) is 17.2. The Hall–Kier alpha value is -7.72. The van der Waals surface area contributed by atoms with Crippen LogP contribution < -0.4 is 4.90 Å². The molecule has 10 aromatic carbocycles. The minimum Gasteiger partial charge on any atom is -0.455 e. The third-order valence-corrected chi connectivity index (χ3v) is 13.3. The fourth-order valence-electron chi connectivity index (χ4n) is 9.26. The average Bonchev–Trinajstić information content (AvgIpc) is 3.92. The largest absolute Gasteiger partial charge is 0.455 e. The van der Waals surface area contributed by atoms with Crippen LogP contribution in [0.4, 0.5) is 17.1 Å². The highest BCUT2D eigenvalue weighted by Crippen LogP contribution is 2.50. The molecule has 0 N–H and O–H groups in total. The van der Waals surface area contributed by atoms with Crippen LogP contribution in [0.3, 0.4) is 0 Å². The molecule has 0 spiro atoms. The molecule has 0 bridgehead atoms. The summed E-state index contributed by atoms with van der Waals surface area (Å²) in [5.74, 6) is 0. The van der Waals surface area contributed by atoms with Crippen LogP contribution in [0.5, 0.6) is 0 Å². The van der Waals surface area contributed by atoms with Crippen molar-refractivity contribution < 1.29 is 4.42 Å². The monoisotopic (exact) mass is 795 g/mol. The van der Waals surface area contributed by atoms with E-state index in [0.717, 1.165) is 50.1 Å². The summed E-state index contributed by atoms with van der Waals surface area (Å²) in [7, 11) is 0. The second kappa shape index (κ2) is 14.5. The molecule has 0 saturated carbocycles. The summed E-state index contributed by atoms with van der Waals surface area (Å²) in [6.45, 7) is 0. The maximum atomic E-state index is 6.45. The first-order valence-electron chi connectivity index (χ1n) is 20.7. The van der Waals surface area contributed by atoms with Gasteiger partial charge in [0.25, 0.3) is 0 Å². The minimum absolute atomic E-state index is 0.905. The lowest BCUT2D eigenvalue weighted by Crippen LogP contribution is -2.09. The van der Waals surface area contributed by atoms with Gasteiger partial charge < -0.3 is 9.32 Å². The molecule has 2 aromatic heterocycles. The predicted molar refractivity (Wildman–Crippen MR) is 261 cm³/mol. The van der Waals surface area contributed by atoms with Gasteiger partial charge in [0.05, 0.1) is 0 Å². The van der Waals surface area contributed by atoms with Gasteiger partial charge in [-0.25, -0.2) is 0 Å². The number of anilines is 3. The van der Waals surface area contributed by atoms with Crippen molar-refractivity contribution in [1.82, 2.24) is 0 Å². The van der Waals surface area contributed by atoms with E-state index in [-0.39, 0.29) is 0 Å². The van der Waals surface area contributed by atoms with Crippen molar-refractivity contribution in [2.24, 2.45) is 0 Å². The molecule has 12 rings (SSSR count). The SMILES string of the molecule is c1ccc(-c2ccc(N(c3ccc(-c4cccc5c4oc4ccccc45)cc3)c3ccc(-c4c(-c5ccccc5)c5ccccc5c5sc6ccccc6c45)cc3)cc2)cc1. The summed E-state index contributed by atoms with van der Waals surface area (Å²) in [5.41, 5.74) is 14.6. The van der Waals surface area contributed by atoms with Gasteiger partial charge in [0, 0.05) is 59.0 Å². The van der Waals surface area contributed by atoms with E-state index < -0.39 is 0 Å². The van der Waals surface area contributed by atoms with E-state index in [0.29, 0.717) is 0 Å². The van der Waals surface area contributed by atoms with Gasteiger partial charge >= 0.3 is 0 Å². The number of furan rings is 1. The maximum Gasteiger partial charge on any atom is 0.143 e. The van der Waals surface area contributed by atoms with Crippen LogP contribution in [-0.4, -0.2) is 0 Å². The van der Waals surface area contributed by atoms with Crippen molar-refractivity contribution >= 4 is 81.3 Å². The first-order chi connectivity index (χ1) is 30.3. The summed E-state index contributed by atoms with van der Waals surface area (Å²) >= 11 is 1.89. The summed E-state index contributed by atoms with van der Waals surface area (Å²) < 4.78 is 9.07. The first kappa shape index (κ1) is 35.2. The molecular formula is C58H37NOS. The highest BCUT2D eigenvalue weighted by Gasteiger charge is 2.22. The van der Waals surface area contributed by atoms with Crippen molar-refractivity contribution in [3.05, 3.63) is 224 Å². The number of benzene rings is 10. The molecule has 0 aliphatic heterocycles. The lowest BCUT2D eigenvalue weighted by atomic mass is 9.86. The zero-order valence-corrected chi connectivity index (χ0v) is 33.9. The molecule has 3 heteroatoms. The van der Waals surface area contributed by atoms with Crippen LogP contribution in [0, 0.1) is 0 Å². The van der Waals surface area contributed by atoms with Gasteiger partial charge in [-0.05, 0) is 92.9 Å². The Kier molecular flexibility index (Phi) is 8.39. The molecule has 286 valence electrons. The summed E-state index contributed by atoms with van der Waals surface area (Å²) in [4.78, 5) is 2.36. The van der Waals surface area contributed by atoms with Crippen LogP contribution in [0.15, 0.2) is 229 Å². The highest BCUT2D eigenvalue weighted by atomic mass is 32.1. The van der Waals surface area contributed by atoms with Crippen molar-refractivity contribution in [2.45, 2.75) is 0 Å². The van der Waals surface area contributed by atoms with E-state index in [1.54, 1.807) is 0 Å². The van der Waals surface area contributed by atoms with Gasteiger partial charge in [0.1, 0.15) is 11.2 Å². The second-order valence-electron chi connectivity index (χ2n) is 15.6. The molecule has 0 aliphatic carbocycles. The molecule has 0 saturated heterocycles. The molecule has 12 aromatic rings. The molecule has 0 radical (unpaired) electrons. The summed E-state index contributed by atoms with van der Waals surface area (Å²) in [6.07, 6.45) is 0. The number of hydrogen-bond acceptors (Lipinski definition) is 3. The lowest BCUT2D eigenvalue weighted by molar-refractivity contribution is 0.670. The Morgan fingerprint density at radius 3 is 1.51 bits per heavy atom. The molecule has 0 atom stereocenters. The number of nitrogens with zero attached hydrogens (tertiary/aromatic N) is 1. The lowest BCUT2D eigenvalue weighted by Gasteiger charge is -2.26. The van der Waals surface area contributed by atoms with Crippen LogP contribution in [0.1, 0.15) is 0 Å². The normalized spacial score (nSPS) is 11.6. The highest BCUT2D eigenvalue weighted by molar-refractivity contribution is 7.26. The zero-order chi connectivity index (χ0) is 40.3. The average molecular weight is 796 g/mol. The Balaban J connectivity index is 1.02. The van der Waals surface area contributed by atoms with Gasteiger partial charge in [-0.1, -0.05) is 176 Å². The quantitative estimate of drug-likeness (QED) is 0.160. The standard InChI is InChI=1S/C58H37NOS/c1-3-14-38(15-4-1)39-26-32-43(33-27-39)59(44-34-28-40(29-35-44)46-22-13-23-49-47-18-9-11-24-52(47)60-57(46)49)45-36-30-42(31-37-45)55-54(41-16-5-2-6-17-41)48-19-7-8-20-50(48)58-56(55)51-21-10-12-25-53(51)61-58/h1-37H. The van der Waals surface area contributed by atoms with Crippen LogP contribution in [0.25, 0.3) is 97.4 Å². The van der Waals surface area contributed by atoms with E-state index in [9.17, 15) is 0 Å². The molecule has 0 amide bonds. The van der Waals surface area contributed by atoms with Crippen molar-refractivity contribution in [3.63, 3.8) is 0 Å². The summed E-state index contributed by atoms with van der Waals surface area (Å²) in [6, 6.07) is 81.0. The van der Waals surface area contributed by atoms with E-state index in [4.69, 9.17) is 4.42 Å². The van der Waals surface area contributed by atoms with Gasteiger partial charge in [-0.3, -0.25) is 0 Å². The van der Waals surface area contributed by atoms with Gasteiger partial charge in [-0.2, -0.15) is 0 Å². The van der Waals surface area contributed by atoms with Crippen molar-refractivity contribution in [3.8, 4) is 44.5 Å². The number of hydrogen-bond donors (Lipinski definition) is 0. The smallest absolute Gasteiger partial charge is 0.143 e. The Bertz CT molecular complexity index is 3550. The minimum atomic E-state index is 0.905. The van der Waals surface area contributed by atoms with E-state index in [1.165, 1.54) is 64.3 Å². The molecule has 61 heavy (non-hydrogen) atoms. The Morgan fingerprint density at radius 1 is 0.328 bits per heavy atom. The molecule has 2 heterocycles. The van der Waals surface area contributed by atoms with Gasteiger partial charge in [-0.15, -0.1) is 11.3 Å². The topological polar surface area (TPSA) is 16.4 Å². The Labute approximate surface area is 357 Å². The van der Waals surface area contributed by atoms with Gasteiger partial charge in [0.2, 0.25) is 0 Å². The number of fused-ring (bicyclic) bond motifs is 8. The van der Waals surface area contributed by atoms with Crippen LogP contribution in [-0.2, 0) is 0 Å². The first-order valence-corrected chi connectivity index (χ1v) is 21.6. The maximum absolute atomic E-state index is 6.45. The van der Waals surface area contributed by atoms with E-state index in [2.05, 4.69) is 217 Å². The Morgan fingerprint density at radius 2 is 0.820 bits per heavy atom. The van der Waals surface area contributed by atoms with E-state index >= 15 is 0 Å². The fourth-order valence-corrected chi connectivity index (χ4v) is 10.5. The van der Waals surface area contributed by atoms with Crippen LogP contribution in [0.2, 0.25) is 0 Å². The number of rotatable bonds is 7. The zero-order valence-electron chi connectivity index (χ0n) is 33.1. The van der Waals surface area contributed by atoms with Crippen molar-refractivity contribution in [1.29, 1.82) is 0 Å². The second-order valence-corrected chi connectivity index (χ2v) is 16.6. The molecule has 0 unspecified atom stereocenters. The fraction of sp³-hybridized carbons (Fsp3) is 0. The van der Waals surface area contributed by atoms with E-state index in [1.807, 2.05) is 23.5 Å². The molecule has 2 nitrogen and oxygen atoms in total. The third kappa shape index (κ3) is 5.93. The molecular weight excluding hydrogens is 759 g/mol. The van der Waals surface area contributed by atoms with Crippen molar-refractivity contribution in [2.75, 3.05) is 4.90 Å². The molecule has 0 aliphatic rings.